The molecule has 0 atom stereocenters. The number of primary amides is 1. The summed E-state index contributed by atoms with van der Waals surface area (Å²) in [6.45, 7) is 4.58. The number of carbonyl (C=O) groups is 2. The number of nitrogens with zero attached hydrogens (tertiary/aromatic N) is 2. The van der Waals surface area contributed by atoms with Gasteiger partial charge in [0.2, 0.25) is 12.7 Å². The molecule has 0 unspecified atom stereocenters. The van der Waals surface area contributed by atoms with Crippen molar-refractivity contribution in [2.24, 2.45) is 5.73 Å². The molecule has 0 spiro atoms. The van der Waals surface area contributed by atoms with Crippen molar-refractivity contribution in [3.8, 4) is 11.5 Å². The molecule has 2 aliphatic rings. The highest BCUT2D eigenvalue weighted by Crippen LogP contribution is 2.32. The zero-order chi connectivity index (χ0) is 16.2. The fourth-order valence-corrected chi connectivity index (χ4v) is 2.78. The number of carbonyl (C=O) groups excluding carboxylic acids is 2. The Kier molecular flexibility index (Phi) is 4.63. The number of hydrogen-bond donors (Lipinski definition) is 2. The zero-order valence-electron chi connectivity index (χ0n) is 12.8. The van der Waals surface area contributed by atoms with E-state index in [1.54, 1.807) is 0 Å². The number of rotatable bonds is 4. The maximum absolute atomic E-state index is 11.5. The van der Waals surface area contributed by atoms with Crippen LogP contribution in [0.1, 0.15) is 5.56 Å². The molecular formula is C15H20N4O4. The predicted molar refractivity (Wildman–Crippen MR) is 82.0 cm³/mol. The number of fused-ring (bicyclic) bond motifs is 1. The molecule has 1 aromatic rings. The molecule has 2 aliphatic heterocycles. The van der Waals surface area contributed by atoms with Gasteiger partial charge in [0.25, 0.3) is 0 Å². The van der Waals surface area contributed by atoms with Crippen LogP contribution in [0.25, 0.3) is 0 Å². The van der Waals surface area contributed by atoms with Crippen LogP contribution in [-0.2, 0) is 11.3 Å². The van der Waals surface area contributed by atoms with E-state index in [1.165, 1.54) is 5.56 Å². The largest absolute Gasteiger partial charge is 0.454 e. The molecule has 0 aliphatic carbocycles. The summed E-state index contributed by atoms with van der Waals surface area (Å²) in [5.41, 5.74) is 6.10. The normalized spacial score (nSPS) is 17.9. The second-order valence-electron chi connectivity index (χ2n) is 5.65. The number of nitrogens with two attached hydrogens (primary N) is 1. The number of nitrogens with one attached hydrogen (secondary N) is 1. The van der Waals surface area contributed by atoms with E-state index in [9.17, 15) is 9.59 Å². The highest BCUT2D eigenvalue weighted by molar-refractivity contribution is 5.94. The van der Waals surface area contributed by atoms with Crippen LogP contribution in [-0.4, -0.2) is 61.3 Å². The minimum atomic E-state index is -0.809. The Morgan fingerprint density at radius 1 is 1.09 bits per heavy atom. The van der Waals surface area contributed by atoms with Crippen molar-refractivity contribution in [1.82, 2.24) is 15.1 Å². The second kappa shape index (κ2) is 6.84. The number of hydrogen-bond acceptors (Lipinski definition) is 6. The van der Waals surface area contributed by atoms with E-state index < -0.39 is 6.03 Å². The van der Waals surface area contributed by atoms with Gasteiger partial charge in [-0.25, -0.2) is 4.79 Å². The molecule has 0 bridgehead atoms. The van der Waals surface area contributed by atoms with E-state index in [2.05, 4.69) is 10.2 Å². The molecule has 23 heavy (non-hydrogen) atoms. The van der Waals surface area contributed by atoms with E-state index >= 15 is 0 Å². The van der Waals surface area contributed by atoms with Crippen LogP contribution in [0.2, 0.25) is 0 Å². The Morgan fingerprint density at radius 3 is 2.52 bits per heavy atom. The van der Waals surface area contributed by atoms with Gasteiger partial charge in [0.15, 0.2) is 11.5 Å². The van der Waals surface area contributed by atoms with Crippen molar-refractivity contribution in [2.45, 2.75) is 6.54 Å². The first-order valence-corrected chi connectivity index (χ1v) is 7.53. The Morgan fingerprint density at radius 2 is 1.78 bits per heavy atom. The van der Waals surface area contributed by atoms with Crippen LogP contribution in [0.4, 0.5) is 4.79 Å². The van der Waals surface area contributed by atoms with Gasteiger partial charge in [0.1, 0.15) is 0 Å². The summed E-state index contributed by atoms with van der Waals surface area (Å²) >= 11 is 0. The quantitative estimate of drug-likeness (QED) is 0.792. The summed E-state index contributed by atoms with van der Waals surface area (Å²) in [7, 11) is 0. The number of benzene rings is 1. The van der Waals surface area contributed by atoms with E-state index in [0.717, 1.165) is 44.2 Å². The van der Waals surface area contributed by atoms with Gasteiger partial charge >= 0.3 is 6.03 Å². The van der Waals surface area contributed by atoms with Gasteiger partial charge in [0, 0.05) is 32.7 Å². The van der Waals surface area contributed by atoms with Crippen LogP contribution in [0.15, 0.2) is 18.2 Å². The highest BCUT2D eigenvalue weighted by Gasteiger charge is 2.20. The van der Waals surface area contributed by atoms with Crippen molar-refractivity contribution < 1.29 is 19.1 Å². The first-order valence-electron chi connectivity index (χ1n) is 7.53. The second-order valence-corrected chi connectivity index (χ2v) is 5.65. The maximum atomic E-state index is 11.5. The Bertz CT molecular complexity index is 599. The molecule has 0 aromatic heterocycles. The van der Waals surface area contributed by atoms with E-state index in [0.29, 0.717) is 0 Å². The van der Waals surface area contributed by atoms with Crippen LogP contribution < -0.4 is 20.5 Å². The van der Waals surface area contributed by atoms with Gasteiger partial charge in [-0.05, 0) is 17.7 Å². The van der Waals surface area contributed by atoms with Crippen LogP contribution in [0.5, 0.6) is 11.5 Å². The lowest BCUT2D eigenvalue weighted by molar-refractivity contribution is -0.121. The number of urea groups is 1. The smallest absolute Gasteiger partial charge is 0.318 e. The summed E-state index contributed by atoms with van der Waals surface area (Å²) in [4.78, 5) is 26.5. The first-order chi connectivity index (χ1) is 11.1. The van der Waals surface area contributed by atoms with Gasteiger partial charge < -0.3 is 15.2 Å². The third-order valence-corrected chi connectivity index (χ3v) is 3.94. The molecule has 0 saturated carbocycles. The number of piperazine rings is 1. The number of ether oxygens (including phenoxy) is 2. The van der Waals surface area contributed by atoms with Gasteiger partial charge in [0.05, 0.1) is 6.54 Å². The lowest BCUT2D eigenvalue weighted by atomic mass is 10.1. The molecule has 3 N–H and O–H groups in total. The third-order valence-electron chi connectivity index (χ3n) is 3.94. The maximum Gasteiger partial charge on any atom is 0.318 e. The Hall–Kier alpha value is -2.32. The Balaban J connectivity index is 1.46. The summed E-state index contributed by atoms with van der Waals surface area (Å²) in [6.07, 6.45) is 0. The first kappa shape index (κ1) is 15.6. The summed E-state index contributed by atoms with van der Waals surface area (Å²) in [5.74, 6) is 1.23. The molecule has 1 aromatic carbocycles. The summed E-state index contributed by atoms with van der Waals surface area (Å²) in [6, 6.07) is 5.17. The van der Waals surface area contributed by atoms with Crippen molar-refractivity contribution >= 4 is 11.9 Å². The number of amides is 3. The molecule has 1 fully saturated rings. The number of imide groups is 1. The average Bonchev–Trinajstić information content (AvgIpc) is 2.96. The molecule has 2 heterocycles. The lowest BCUT2D eigenvalue weighted by Gasteiger charge is -2.34. The zero-order valence-corrected chi connectivity index (χ0v) is 12.8. The van der Waals surface area contributed by atoms with Crippen LogP contribution >= 0.6 is 0 Å². The summed E-state index contributed by atoms with van der Waals surface area (Å²) in [5, 5.41) is 2.08. The fourth-order valence-electron chi connectivity index (χ4n) is 2.78. The molecule has 0 radical (unpaired) electrons. The summed E-state index contributed by atoms with van der Waals surface area (Å²) < 4.78 is 10.7. The minimum absolute atomic E-state index is 0.195. The topological polar surface area (TPSA) is 97.1 Å². The molecule has 8 heteroatoms. The van der Waals surface area contributed by atoms with Crippen molar-refractivity contribution in [3.05, 3.63) is 23.8 Å². The standard InChI is InChI=1S/C15H20N4O4/c16-15(21)17-14(20)9-19-5-3-18(4-6-19)8-11-1-2-12-13(7-11)23-10-22-12/h1-2,7H,3-6,8-10H2,(H3,16,17,20,21). The molecule has 124 valence electrons. The van der Waals surface area contributed by atoms with Crippen molar-refractivity contribution in [3.63, 3.8) is 0 Å². The van der Waals surface area contributed by atoms with Gasteiger partial charge in [-0.3, -0.25) is 19.9 Å². The minimum Gasteiger partial charge on any atom is -0.454 e. The van der Waals surface area contributed by atoms with E-state index in [-0.39, 0.29) is 19.2 Å². The van der Waals surface area contributed by atoms with Crippen LogP contribution in [0, 0.1) is 0 Å². The molecule has 3 amide bonds. The van der Waals surface area contributed by atoms with Crippen molar-refractivity contribution in [2.75, 3.05) is 39.5 Å². The van der Waals surface area contributed by atoms with Crippen LogP contribution in [0.3, 0.4) is 0 Å². The molecule has 3 rings (SSSR count). The van der Waals surface area contributed by atoms with E-state index in [1.807, 2.05) is 23.1 Å². The van der Waals surface area contributed by atoms with Gasteiger partial charge in [-0.2, -0.15) is 0 Å². The SMILES string of the molecule is NC(=O)NC(=O)CN1CCN(Cc2ccc3c(c2)OCO3)CC1. The van der Waals surface area contributed by atoms with E-state index in [4.69, 9.17) is 15.2 Å². The monoisotopic (exact) mass is 320 g/mol. The van der Waals surface area contributed by atoms with Gasteiger partial charge in [-0.1, -0.05) is 6.07 Å². The average molecular weight is 320 g/mol. The molecule has 8 nitrogen and oxygen atoms in total. The lowest BCUT2D eigenvalue weighted by Crippen LogP contribution is -2.50. The highest BCUT2D eigenvalue weighted by atomic mass is 16.7. The predicted octanol–water partition coefficient (Wildman–Crippen LogP) is -0.272. The fraction of sp³-hybridized carbons (Fsp3) is 0.467. The Labute approximate surface area is 134 Å². The molecular weight excluding hydrogens is 300 g/mol. The molecule has 1 saturated heterocycles. The van der Waals surface area contributed by atoms with Crippen molar-refractivity contribution in [1.29, 1.82) is 0 Å². The van der Waals surface area contributed by atoms with Gasteiger partial charge in [-0.15, -0.1) is 0 Å². The third kappa shape index (κ3) is 4.11.